The molecule has 0 aliphatic heterocycles. The molecule has 0 fully saturated rings. The van der Waals surface area contributed by atoms with E-state index in [1.807, 2.05) is 0 Å². The Kier molecular flexibility index (Phi) is 6.54. The van der Waals surface area contributed by atoms with Gasteiger partial charge in [-0.3, -0.25) is 9.78 Å². The van der Waals surface area contributed by atoms with Gasteiger partial charge in [0.15, 0.2) is 5.15 Å². The molecule has 23 heavy (non-hydrogen) atoms. The fraction of sp³-hybridized carbons (Fsp3) is 0.214. The number of aromatic nitrogens is 3. The Morgan fingerprint density at radius 1 is 1.48 bits per heavy atom. The van der Waals surface area contributed by atoms with Crippen molar-refractivity contribution >= 4 is 35.0 Å². The van der Waals surface area contributed by atoms with E-state index in [-0.39, 0.29) is 23.2 Å². The average Bonchev–Trinajstić information content (AvgIpc) is 2.88. The van der Waals surface area contributed by atoms with Gasteiger partial charge in [-0.1, -0.05) is 11.6 Å². The lowest BCUT2D eigenvalue weighted by Gasteiger charge is -2.02. The minimum Gasteiger partial charge on any atom is -0.322 e. The number of carbonyl (C=O) groups excluding carboxylic acids is 1. The zero-order chi connectivity index (χ0) is 16.7. The Balaban J connectivity index is 1.87. The van der Waals surface area contributed by atoms with Crippen LogP contribution < -0.4 is 5.32 Å². The third-order valence-electron chi connectivity index (χ3n) is 2.68. The van der Waals surface area contributed by atoms with E-state index >= 15 is 0 Å². The largest absolute Gasteiger partial charge is 0.322 e. The van der Waals surface area contributed by atoms with Crippen molar-refractivity contribution in [3.63, 3.8) is 0 Å². The number of pyridine rings is 1. The van der Waals surface area contributed by atoms with E-state index in [9.17, 15) is 13.6 Å². The van der Waals surface area contributed by atoms with Gasteiger partial charge >= 0.3 is 0 Å². The molecule has 122 valence electrons. The van der Waals surface area contributed by atoms with E-state index in [0.717, 1.165) is 6.08 Å². The van der Waals surface area contributed by atoms with Gasteiger partial charge in [0, 0.05) is 24.1 Å². The second kappa shape index (κ2) is 8.64. The van der Waals surface area contributed by atoms with Gasteiger partial charge in [-0.15, -0.1) is 0 Å². The number of halogens is 3. The molecule has 1 amide bonds. The Hall–Kier alpha value is -1.93. The van der Waals surface area contributed by atoms with Gasteiger partial charge in [0.2, 0.25) is 5.91 Å². The van der Waals surface area contributed by atoms with Gasteiger partial charge in [0.25, 0.3) is 6.08 Å². The summed E-state index contributed by atoms with van der Waals surface area (Å²) in [4.78, 5) is 15.8. The van der Waals surface area contributed by atoms with Crippen molar-refractivity contribution in [3.05, 3.63) is 48.0 Å². The van der Waals surface area contributed by atoms with Gasteiger partial charge in [-0.05, 0) is 18.2 Å². The lowest BCUT2D eigenvalue weighted by Crippen LogP contribution is -2.12. The summed E-state index contributed by atoms with van der Waals surface area (Å²) in [7, 11) is 0. The zero-order valence-corrected chi connectivity index (χ0v) is 13.4. The van der Waals surface area contributed by atoms with E-state index < -0.39 is 6.08 Å². The highest BCUT2D eigenvalue weighted by Gasteiger charge is 2.11. The van der Waals surface area contributed by atoms with Crippen LogP contribution in [0.3, 0.4) is 0 Å². The Morgan fingerprint density at radius 2 is 2.30 bits per heavy atom. The quantitative estimate of drug-likeness (QED) is 0.765. The van der Waals surface area contributed by atoms with E-state index in [1.165, 1.54) is 16.4 Å². The number of rotatable bonds is 7. The average molecular weight is 359 g/mol. The highest BCUT2D eigenvalue weighted by molar-refractivity contribution is 7.99. The lowest BCUT2D eigenvalue weighted by atomic mass is 10.4. The van der Waals surface area contributed by atoms with Gasteiger partial charge in [0.05, 0.1) is 23.8 Å². The summed E-state index contributed by atoms with van der Waals surface area (Å²) in [5, 5.41) is 6.91. The molecule has 0 saturated carbocycles. The molecule has 2 aromatic rings. The number of amides is 1. The Bertz CT molecular complexity index is 689. The fourth-order valence-corrected chi connectivity index (χ4v) is 2.56. The van der Waals surface area contributed by atoms with Crippen LogP contribution in [0.25, 0.3) is 5.69 Å². The van der Waals surface area contributed by atoms with Crippen molar-refractivity contribution in [1.82, 2.24) is 14.8 Å². The van der Waals surface area contributed by atoms with Crippen LogP contribution in [0.15, 0.2) is 42.9 Å². The second-order valence-electron chi connectivity index (χ2n) is 4.36. The van der Waals surface area contributed by atoms with Crippen molar-refractivity contribution < 1.29 is 13.6 Å². The summed E-state index contributed by atoms with van der Waals surface area (Å²) in [6, 6.07) is 3.56. The molecule has 0 saturated heterocycles. The van der Waals surface area contributed by atoms with E-state index in [0.29, 0.717) is 17.1 Å². The summed E-state index contributed by atoms with van der Waals surface area (Å²) >= 11 is 7.24. The minimum atomic E-state index is -1.71. The molecule has 2 rings (SSSR count). The van der Waals surface area contributed by atoms with Crippen LogP contribution in [-0.4, -0.2) is 32.2 Å². The summed E-state index contributed by atoms with van der Waals surface area (Å²) in [6.07, 6.45) is 4.14. The SMILES string of the molecule is O=C(CCSCC=C(F)F)Nc1cn(-c2cccnc2)nc1Cl. The predicted octanol–water partition coefficient (Wildman–Crippen LogP) is 3.76. The van der Waals surface area contributed by atoms with Crippen molar-refractivity contribution in [3.8, 4) is 5.69 Å². The lowest BCUT2D eigenvalue weighted by molar-refractivity contribution is -0.115. The molecule has 0 aliphatic rings. The van der Waals surface area contributed by atoms with Gasteiger partial charge < -0.3 is 5.32 Å². The molecule has 0 unspecified atom stereocenters. The number of hydrogen-bond acceptors (Lipinski definition) is 4. The molecule has 5 nitrogen and oxygen atoms in total. The molecule has 0 radical (unpaired) electrons. The summed E-state index contributed by atoms with van der Waals surface area (Å²) in [6.45, 7) is 0. The monoisotopic (exact) mass is 358 g/mol. The number of anilines is 1. The standard InChI is InChI=1S/C14H13ClF2N4OS/c15-14-11(9-21(20-14)10-2-1-5-18-8-10)19-13(22)4-7-23-6-3-12(16)17/h1-3,5,8-9H,4,6-7H2,(H,19,22). The molecule has 0 bridgehead atoms. The van der Waals surface area contributed by atoms with Crippen molar-refractivity contribution in [2.45, 2.75) is 6.42 Å². The molecular weight excluding hydrogens is 346 g/mol. The Morgan fingerprint density at radius 3 is 3.00 bits per heavy atom. The van der Waals surface area contributed by atoms with Crippen LogP contribution in [0.5, 0.6) is 0 Å². The third kappa shape index (κ3) is 5.65. The first-order chi connectivity index (χ1) is 11.1. The summed E-state index contributed by atoms with van der Waals surface area (Å²) in [5.41, 5.74) is 1.10. The van der Waals surface area contributed by atoms with Crippen LogP contribution in [0, 0.1) is 0 Å². The summed E-state index contributed by atoms with van der Waals surface area (Å²) in [5.74, 6) is 0.356. The zero-order valence-electron chi connectivity index (χ0n) is 11.9. The van der Waals surface area contributed by atoms with E-state index in [2.05, 4.69) is 15.4 Å². The van der Waals surface area contributed by atoms with Crippen LogP contribution in [-0.2, 0) is 4.79 Å². The molecule has 0 atom stereocenters. The normalized spacial score (nSPS) is 10.4. The molecular formula is C14H13ClF2N4OS. The maximum absolute atomic E-state index is 11.8. The van der Waals surface area contributed by atoms with Crippen molar-refractivity contribution in [1.29, 1.82) is 0 Å². The van der Waals surface area contributed by atoms with Gasteiger partial charge in [-0.25, -0.2) is 4.68 Å². The fourth-order valence-electron chi connectivity index (χ4n) is 1.64. The highest BCUT2D eigenvalue weighted by atomic mass is 35.5. The number of nitrogens with one attached hydrogen (secondary N) is 1. The number of nitrogens with zero attached hydrogens (tertiary/aromatic N) is 3. The summed E-state index contributed by atoms with van der Waals surface area (Å²) < 4.78 is 25.2. The molecule has 1 N–H and O–H groups in total. The minimum absolute atomic E-state index is 0.164. The molecule has 2 aromatic heterocycles. The highest BCUT2D eigenvalue weighted by Crippen LogP contribution is 2.22. The second-order valence-corrected chi connectivity index (χ2v) is 5.86. The number of carbonyl (C=O) groups is 1. The first-order valence-electron chi connectivity index (χ1n) is 6.60. The van der Waals surface area contributed by atoms with Crippen molar-refractivity contribution in [2.24, 2.45) is 0 Å². The maximum Gasteiger partial charge on any atom is 0.267 e. The smallest absolute Gasteiger partial charge is 0.267 e. The maximum atomic E-state index is 11.8. The van der Waals surface area contributed by atoms with Crippen LogP contribution in [0.2, 0.25) is 5.15 Å². The van der Waals surface area contributed by atoms with Gasteiger partial charge in [-0.2, -0.15) is 25.6 Å². The molecule has 0 aliphatic carbocycles. The van der Waals surface area contributed by atoms with Crippen LogP contribution >= 0.6 is 23.4 Å². The number of hydrogen-bond donors (Lipinski definition) is 1. The number of thioether (sulfide) groups is 1. The molecule has 0 aromatic carbocycles. The topological polar surface area (TPSA) is 59.8 Å². The first kappa shape index (κ1) is 17.4. The van der Waals surface area contributed by atoms with Crippen LogP contribution in [0.4, 0.5) is 14.5 Å². The first-order valence-corrected chi connectivity index (χ1v) is 8.14. The third-order valence-corrected chi connectivity index (χ3v) is 3.86. The van der Waals surface area contributed by atoms with Crippen molar-refractivity contribution in [2.75, 3.05) is 16.8 Å². The van der Waals surface area contributed by atoms with Crippen LogP contribution in [0.1, 0.15) is 6.42 Å². The predicted molar refractivity (Wildman–Crippen MR) is 87.2 cm³/mol. The van der Waals surface area contributed by atoms with E-state index in [1.54, 1.807) is 30.7 Å². The molecule has 9 heteroatoms. The molecule has 2 heterocycles. The Labute approximate surface area is 140 Å². The molecule has 0 spiro atoms. The van der Waals surface area contributed by atoms with Gasteiger partial charge in [0.1, 0.15) is 0 Å². The van der Waals surface area contributed by atoms with E-state index in [4.69, 9.17) is 11.6 Å².